The number of hydrogen-bond acceptors (Lipinski definition) is 2. The molecule has 0 heterocycles. The first-order valence-electron chi connectivity index (χ1n) is 10.3. The van der Waals surface area contributed by atoms with Gasteiger partial charge in [-0.25, -0.2) is 0 Å². The minimum Gasteiger partial charge on any atom is -0.481 e. The van der Waals surface area contributed by atoms with Gasteiger partial charge in [0.2, 0.25) is 5.91 Å². The fourth-order valence-electron chi connectivity index (χ4n) is 3.67. The second kappa shape index (κ2) is 10.3. The Balaban J connectivity index is 2.48. The molecular formula is C24H26Cl2F3NO3. The van der Waals surface area contributed by atoms with Crippen molar-refractivity contribution in [1.29, 1.82) is 0 Å². The van der Waals surface area contributed by atoms with Gasteiger partial charge in [-0.1, -0.05) is 69.1 Å². The highest BCUT2D eigenvalue weighted by atomic mass is 35.5. The van der Waals surface area contributed by atoms with Gasteiger partial charge in [-0.2, -0.15) is 13.2 Å². The Kier molecular flexibility index (Phi) is 8.47. The summed E-state index contributed by atoms with van der Waals surface area (Å²) in [6.07, 6.45) is -4.79. The molecule has 9 heteroatoms. The van der Waals surface area contributed by atoms with E-state index in [0.717, 1.165) is 6.92 Å². The molecule has 0 aromatic heterocycles. The summed E-state index contributed by atoms with van der Waals surface area (Å²) in [5, 5.41) is 12.4. The Bertz CT molecular complexity index is 1010. The molecule has 0 saturated carbocycles. The first-order chi connectivity index (χ1) is 15.2. The van der Waals surface area contributed by atoms with E-state index in [-0.39, 0.29) is 28.6 Å². The van der Waals surface area contributed by atoms with Gasteiger partial charge >= 0.3 is 12.1 Å². The molecule has 1 amide bonds. The monoisotopic (exact) mass is 503 g/mol. The van der Waals surface area contributed by atoms with Crippen molar-refractivity contribution in [3.63, 3.8) is 0 Å². The van der Waals surface area contributed by atoms with Crippen LogP contribution < -0.4 is 5.32 Å². The molecule has 33 heavy (non-hydrogen) atoms. The van der Waals surface area contributed by atoms with E-state index in [0.29, 0.717) is 10.6 Å². The number of hydrogen-bond donors (Lipinski definition) is 2. The molecule has 4 nitrogen and oxygen atoms in total. The van der Waals surface area contributed by atoms with Gasteiger partial charge in [0.1, 0.15) is 0 Å². The summed E-state index contributed by atoms with van der Waals surface area (Å²) in [5.74, 6) is -5.48. The topological polar surface area (TPSA) is 66.4 Å². The van der Waals surface area contributed by atoms with Crippen LogP contribution in [0.5, 0.6) is 0 Å². The molecule has 3 atom stereocenters. The average molecular weight is 504 g/mol. The van der Waals surface area contributed by atoms with Crippen LogP contribution in [0.1, 0.15) is 51.2 Å². The number of alkyl halides is 3. The van der Waals surface area contributed by atoms with E-state index in [1.807, 2.05) is 13.8 Å². The Labute approximate surface area is 201 Å². The maximum Gasteiger partial charge on any atom is 0.392 e. The number of anilines is 1. The third-order valence-corrected chi connectivity index (χ3v) is 6.79. The number of carboxylic acid groups (broad SMARTS) is 1. The van der Waals surface area contributed by atoms with Crippen molar-refractivity contribution in [1.82, 2.24) is 0 Å². The normalized spacial score (nSPS) is 15.6. The number of amides is 1. The van der Waals surface area contributed by atoms with Crippen molar-refractivity contribution >= 4 is 40.8 Å². The minimum atomic E-state index is -4.62. The highest BCUT2D eigenvalue weighted by Gasteiger charge is 2.45. The SMILES string of the molecule is CC(C)C(C)(CC(=O)O)c1ccc(Cl)c(NC(=O)[C@H](c2ccc(Cl)cc2)[C@@H](C)C(F)(F)F)c1. The molecule has 0 bridgehead atoms. The molecule has 0 spiro atoms. The van der Waals surface area contributed by atoms with Gasteiger partial charge in [0.15, 0.2) is 0 Å². The standard InChI is InChI=1S/C24H26Cl2F3NO3/c1-13(2)23(4,12-20(31)32)16-7-10-18(26)19(11-16)30-22(33)21(14(3)24(27,28)29)15-5-8-17(25)9-6-15/h5-11,13-14,21H,12H2,1-4H3,(H,30,33)(H,31,32)/t14-,21+,23?/m1/s1. The summed E-state index contributed by atoms with van der Waals surface area (Å²) in [7, 11) is 0. The largest absolute Gasteiger partial charge is 0.481 e. The lowest BCUT2D eigenvalue weighted by molar-refractivity contribution is -0.178. The zero-order valence-electron chi connectivity index (χ0n) is 18.6. The molecular weight excluding hydrogens is 478 g/mol. The molecule has 0 saturated heterocycles. The van der Waals surface area contributed by atoms with Crippen molar-refractivity contribution in [2.45, 2.75) is 51.6 Å². The van der Waals surface area contributed by atoms with Crippen LogP contribution in [0.15, 0.2) is 42.5 Å². The highest BCUT2D eigenvalue weighted by molar-refractivity contribution is 6.33. The second-order valence-corrected chi connectivity index (χ2v) is 9.53. The zero-order chi connectivity index (χ0) is 25.1. The zero-order valence-corrected chi connectivity index (χ0v) is 20.1. The van der Waals surface area contributed by atoms with Crippen molar-refractivity contribution in [2.75, 3.05) is 5.32 Å². The maximum atomic E-state index is 13.6. The lowest BCUT2D eigenvalue weighted by Crippen LogP contribution is -2.35. The molecule has 2 aromatic rings. The van der Waals surface area contributed by atoms with Gasteiger partial charge in [0.25, 0.3) is 0 Å². The lowest BCUT2D eigenvalue weighted by atomic mass is 9.71. The molecule has 0 radical (unpaired) electrons. The van der Waals surface area contributed by atoms with Gasteiger partial charge in [-0.3, -0.25) is 9.59 Å². The average Bonchev–Trinajstić information content (AvgIpc) is 2.69. The van der Waals surface area contributed by atoms with E-state index in [9.17, 15) is 27.9 Å². The van der Waals surface area contributed by atoms with E-state index in [1.54, 1.807) is 13.0 Å². The van der Waals surface area contributed by atoms with Gasteiger partial charge < -0.3 is 10.4 Å². The first kappa shape index (κ1) is 27.0. The molecule has 0 aliphatic rings. The number of halogens is 5. The van der Waals surface area contributed by atoms with Crippen LogP contribution in [0.3, 0.4) is 0 Å². The molecule has 2 N–H and O–H groups in total. The smallest absolute Gasteiger partial charge is 0.392 e. The van der Waals surface area contributed by atoms with Crippen LogP contribution in [0.4, 0.5) is 18.9 Å². The molecule has 180 valence electrons. The summed E-state index contributed by atoms with van der Waals surface area (Å²) < 4.78 is 40.8. The van der Waals surface area contributed by atoms with Crippen LogP contribution in [0.25, 0.3) is 0 Å². The second-order valence-electron chi connectivity index (χ2n) is 8.69. The molecule has 1 unspecified atom stereocenters. The molecule has 0 fully saturated rings. The third-order valence-electron chi connectivity index (χ3n) is 6.20. The number of nitrogens with one attached hydrogen (secondary N) is 1. The Morgan fingerprint density at radius 1 is 1.03 bits per heavy atom. The number of aliphatic carboxylic acids is 1. The predicted octanol–water partition coefficient (Wildman–Crippen LogP) is 7.30. The Morgan fingerprint density at radius 2 is 1.61 bits per heavy atom. The molecule has 0 aliphatic carbocycles. The van der Waals surface area contributed by atoms with Gasteiger partial charge in [0.05, 0.1) is 29.0 Å². The van der Waals surface area contributed by atoms with Crippen LogP contribution in [-0.2, 0) is 15.0 Å². The summed E-state index contributed by atoms with van der Waals surface area (Å²) in [6, 6.07) is 10.3. The summed E-state index contributed by atoms with van der Waals surface area (Å²) >= 11 is 12.1. The molecule has 0 aliphatic heterocycles. The van der Waals surface area contributed by atoms with Crippen LogP contribution in [-0.4, -0.2) is 23.2 Å². The van der Waals surface area contributed by atoms with Crippen LogP contribution in [0, 0.1) is 11.8 Å². The fourth-order valence-corrected chi connectivity index (χ4v) is 3.96. The molecule has 2 rings (SSSR count). The van der Waals surface area contributed by atoms with Gasteiger partial charge in [-0.05, 0) is 41.3 Å². The number of benzene rings is 2. The summed E-state index contributed by atoms with van der Waals surface area (Å²) in [5.41, 5.74) is 0.0910. The predicted molar refractivity (Wildman–Crippen MR) is 124 cm³/mol. The number of carbonyl (C=O) groups excluding carboxylic acids is 1. The van der Waals surface area contributed by atoms with E-state index in [1.165, 1.54) is 36.4 Å². The quantitative estimate of drug-likeness (QED) is 0.397. The van der Waals surface area contributed by atoms with Crippen molar-refractivity contribution in [3.8, 4) is 0 Å². The first-order valence-corrected chi connectivity index (χ1v) is 11.1. The lowest BCUT2D eigenvalue weighted by Gasteiger charge is -2.33. The Hall–Kier alpha value is -2.25. The number of carboxylic acids is 1. The van der Waals surface area contributed by atoms with E-state index < -0.39 is 35.3 Å². The van der Waals surface area contributed by atoms with Crippen LogP contribution >= 0.6 is 23.2 Å². The highest BCUT2D eigenvalue weighted by Crippen LogP contribution is 2.41. The third kappa shape index (κ3) is 6.42. The minimum absolute atomic E-state index is 0.0783. The number of rotatable bonds is 8. The van der Waals surface area contributed by atoms with Crippen molar-refractivity contribution in [3.05, 3.63) is 63.6 Å². The molecule has 2 aromatic carbocycles. The summed E-state index contributed by atoms with van der Waals surface area (Å²) in [6.45, 7) is 6.47. The van der Waals surface area contributed by atoms with Crippen molar-refractivity contribution < 1.29 is 27.9 Å². The van der Waals surface area contributed by atoms with E-state index in [2.05, 4.69) is 5.32 Å². The maximum absolute atomic E-state index is 13.6. The van der Waals surface area contributed by atoms with Gasteiger partial charge in [0, 0.05) is 10.4 Å². The van der Waals surface area contributed by atoms with E-state index in [4.69, 9.17) is 23.2 Å². The number of carbonyl (C=O) groups is 2. The van der Waals surface area contributed by atoms with Gasteiger partial charge in [-0.15, -0.1) is 0 Å². The van der Waals surface area contributed by atoms with E-state index >= 15 is 0 Å². The van der Waals surface area contributed by atoms with Crippen molar-refractivity contribution in [2.24, 2.45) is 11.8 Å². The Morgan fingerprint density at radius 3 is 2.09 bits per heavy atom. The van der Waals surface area contributed by atoms with Crippen LogP contribution in [0.2, 0.25) is 10.0 Å². The fraction of sp³-hybridized carbons (Fsp3) is 0.417. The summed E-state index contributed by atoms with van der Waals surface area (Å²) in [4.78, 5) is 24.6.